The van der Waals surface area contributed by atoms with Gasteiger partial charge in [0.05, 0.1) is 25.3 Å². The first-order chi connectivity index (χ1) is 6.72. The summed E-state index contributed by atoms with van der Waals surface area (Å²) < 4.78 is 4.88. The van der Waals surface area contributed by atoms with Crippen molar-refractivity contribution in [3.05, 3.63) is 23.3 Å². The molecule has 0 fully saturated rings. The number of hydrogen-bond donors (Lipinski definition) is 2. The van der Waals surface area contributed by atoms with Gasteiger partial charge >= 0.3 is 0 Å². The minimum atomic E-state index is -0.0584. The van der Waals surface area contributed by atoms with Crippen molar-refractivity contribution >= 4 is 0 Å². The molecular weight excluding hydrogens is 184 g/mol. The van der Waals surface area contributed by atoms with E-state index in [-0.39, 0.29) is 18.1 Å². The Morgan fingerprint density at radius 3 is 2.79 bits per heavy atom. The summed E-state index contributed by atoms with van der Waals surface area (Å²) in [4.78, 5) is 4.38. The van der Waals surface area contributed by atoms with Crippen LogP contribution in [0, 0.1) is 11.3 Å². The lowest BCUT2D eigenvalue weighted by Crippen LogP contribution is -2.00. The molecule has 0 aliphatic heterocycles. The van der Waals surface area contributed by atoms with Crippen molar-refractivity contribution in [1.29, 1.82) is 5.26 Å². The molecule has 0 amide bonds. The molecule has 0 heterocycles. The van der Waals surface area contributed by atoms with Crippen LogP contribution in [0.2, 0.25) is 0 Å². The number of ether oxygens (including phenoxy) is 1. The van der Waals surface area contributed by atoms with Gasteiger partial charge in [-0.2, -0.15) is 5.26 Å². The van der Waals surface area contributed by atoms with Gasteiger partial charge in [0.25, 0.3) is 0 Å². The molecule has 14 heavy (non-hydrogen) atoms. The molecule has 1 aromatic carbocycles. The van der Waals surface area contributed by atoms with Crippen molar-refractivity contribution in [2.45, 2.75) is 6.61 Å². The van der Waals surface area contributed by atoms with E-state index in [9.17, 15) is 5.11 Å². The molecule has 0 saturated carbocycles. The largest absolute Gasteiger partial charge is 0.504 e. The third-order valence-electron chi connectivity index (χ3n) is 1.74. The molecule has 3 N–H and O–H groups in total. The molecule has 0 radical (unpaired) electrons. The first-order valence-corrected chi connectivity index (χ1v) is 3.84. The van der Waals surface area contributed by atoms with Crippen LogP contribution in [-0.2, 0) is 11.4 Å². The van der Waals surface area contributed by atoms with Gasteiger partial charge in [0.1, 0.15) is 0 Å². The average molecular weight is 194 g/mol. The summed E-state index contributed by atoms with van der Waals surface area (Å²) in [6.45, 7) is 0.0255. The highest BCUT2D eigenvalue weighted by Gasteiger charge is 2.10. The molecule has 0 atom stereocenters. The zero-order valence-electron chi connectivity index (χ0n) is 7.65. The summed E-state index contributed by atoms with van der Waals surface area (Å²) >= 11 is 0. The first-order valence-electron chi connectivity index (χ1n) is 3.84. The second kappa shape index (κ2) is 4.46. The summed E-state index contributed by atoms with van der Waals surface area (Å²) in [7, 11) is 1.41. The third kappa shape index (κ3) is 1.93. The maximum absolute atomic E-state index is 9.57. The highest BCUT2D eigenvalue weighted by molar-refractivity contribution is 5.51. The fourth-order valence-corrected chi connectivity index (χ4v) is 1.09. The number of nitrogens with two attached hydrogens (primary N) is 1. The Labute approximate surface area is 81.2 Å². The lowest BCUT2D eigenvalue weighted by molar-refractivity contribution is 0.122. The van der Waals surface area contributed by atoms with Gasteiger partial charge in [0.15, 0.2) is 11.5 Å². The molecule has 5 heteroatoms. The molecule has 0 bridgehead atoms. The van der Waals surface area contributed by atoms with Crippen molar-refractivity contribution in [2.75, 3.05) is 7.11 Å². The maximum atomic E-state index is 9.57. The Morgan fingerprint density at radius 1 is 1.57 bits per heavy atom. The van der Waals surface area contributed by atoms with Crippen molar-refractivity contribution in [3.8, 4) is 17.6 Å². The third-order valence-corrected chi connectivity index (χ3v) is 1.74. The first kappa shape index (κ1) is 10.3. The molecule has 1 aromatic rings. The number of phenolic OH excluding ortho intramolecular Hbond substituents is 1. The normalized spacial score (nSPS) is 9.50. The maximum Gasteiger partial charge on any atom is 0.163 e. The number of methoxy groups -OCH3 is 1. The monoisotopic (exact) mass is 194 g/mol. The van der Waals surface area contributed by atoms with Gasteiger partial charge in [-0.3, -0.25) is 4.84 Å². The predicted molar refractivity (Wildman–Crippen MR) is 48.4 cm³/mol. The van der Waals surface area contributed by atoms with Crippen LogP contribution in [0.25, 0.3) is 0 Å². The smallest absolute Gasteiger partial charge is 0.163 e. The van der Waals surface area contributed by atoms with Crippen molar-refractivity contribution in [1.82, 2.24) is 0 Å². The summed E-state index contributed by atoms with van der Waals surface area (Å²) in [6, 6.07) is 4.87. The number of nitrogens with zero attached hydrogens (tertiary/aromatic N) is 1. The van der Waals surface area contributed by atoms with E-state index in [4.69, 9.17) is 15.9 Å². The summed E-state index contributed by atoms with van der Waals surface area (Å²) in [5.41, 5.74) is 0.801. The minimum Gasteiger partial charge on any atom is -0.504 e. The van der Waals surface area contributed by atoms with E-state index in [2.05, 4.69) is 4.84 Å². The zero-order valence-corrected chi connectivity index (χ0v) is 7.65. The molecule has 1 rings (SSSR count). The average Bonchev–Trinajstić information content (AvgIpc) is 2.21. The van der Waals surface area contributed by atoms with Gasteiger partial charge in [0.2, 0.25) is 0 Å². The van der Waals surface area contributed by atoms with Crippen LogP contribution in [0.3, 0.4) is 0 Å². The van der Waals surface area contributed by atoms with Gasteiger partial charge in [0, 0.05) is 11.6 Å². The molecule has 0 aliphatic carbocycles. The van der Waals surface area contributed by atoms with Gasteiger partial charge in [-0.15, -0.1) is 0 Å². The van der Waals surface area contributed by atoms with Gasteiger partial charge < -0.3 is 9.84 Å². The Kier molecular flexibility index (Phi) is 3.29. The number of aromatic hydroxyl groups is 1. The van der Waals surface area contributed by atoms with Crippen LogP contribution < -0.4 is 10.6 Å². The van der Waals surface area contributed by atoms with E-state index < -0.39 is 0 Å². The van der Waals surface area contributed by atoms with Gasteiger partial charge in [-0.25, -0.2) is 5.90 Å². The second-order valence-electron chi connectivity index (χ2n) is 2.61. The number of nitriles is 1. The fraction of sp³-hybridized carbons (Fsp3) is 0.222. The number of benzene rings is 1. The molecule has 74 valence electrons. The Bertz CT molecular complexity index is 371. The molecule has 0 aliphatic rings. The lowest BCUT2D eigenvalue weighted by atomic mass is 10.1. The molecule has 5 nitrogen and oxygen atoms in total. The van der Waals surface area contributed by atoms with Crippen LogP contribution in [0.4, 0.5) is 0 Å². The van der Waals surface area contributed by atoms with Crippen LogP contribution in [-0.4, -0.2) is 12.2 Å². The molecule has 0 unspecified atom stereocenters. The van der Waals surface area contributed by atoms with E-state index >= 15 is 0 Å². The van der Waals surface area contributed by atoms with Crippen molar-refractivity contribution in [2.24, 2.45) is 5.90 Å². The quantitative estimate of drug-likeness (QED) is 0.690. The van der Waals surface area contributed by atoms with E-state index in [1.807, 2.05) is 6.07 Å². The minimum absolute atomic E-state index is 0.0255. The summed E-state index contributed by atoms with van der Waals surface area (Å²) in [6.07, 6.45) is 0. The Hall–Kier alpha value is -1.77. The molecule has 0 aromatic heterocycles. The molecule has 0 saturated heterocycles. The fourth-order valence-electron chi connectivity index (χ4n) is 1.09. The number of hydrogen-bond acceptors (Lipinski definition) is 5. The summed E-state index contributed by atoms with van der Waals surface area (Å²) in [5.74, 6) is 5.05. The lowest BCUT2D eigenvalue weighted by Gasteiger charge is -2.08. The Balaban J connectivity index is 3.21. The second-order valence-corrected chi connectivity index (χ2v) is 2.61. The van der Waals surface area contributed by atoms with E-state index in [1.165, 1.54) is 19.2 Å². The SMILES string of the molecule is COc1cc(C#N)cc(CON)c1O. The van der Waals surface area contributed by atoms with E-state index in [0.717, 1.165) is 0 Å². The standard InChI is InChI=1S/C9H10N2O3/c1-13-8-3-6(4-10)2-7(5-14-11)9(8)12/h2-3,12H,5,11H2,1H3. The zero-order chi connectivity index (χ0) is 10.6. The van der Waals surface area contributed by atoms with Crippen molar-refractivity contribution in [3.63, 3.8) is 0 Å². The highest BCUT2D eigenvalue weighted by atomic mass is 16.6. The molecule has 0 spiro atoms. The van der Waals surface area contributed by atoms with Crippen LogP contribution in [0.1, 0.15) is 11.1 Å². The highest BCUT2D eigenvalue weighted by Crippen LogP contribution is 2.31. The number of rotatable bonds is 3. The van der Waals surface area contributed by atoms with Crippen molar-refractivity contribution < 1.29 is 14.7 Å². The van der Waals surface area contributed by atoms with E-state index in [1.54, 1.807) is 0 Å². The van der Waals surface area contributed by atoms with Crippen LogP contribution in [0.5, 0.6) is 11.5 Å². The molecular formula is C9H10N2O3. The number of phenols is 1. The van der Waals surface area contributed by atoms with Gasteiger partial charge in [-0.05, 0) is 6.07 Å². The topological polar surface area (TPSA) is 88.5 Å². The van der Waals surface area contributed by atoms with Crippen LogP contribution >= 0.6 is 0 Å². The summed E-state index contributed by atoms with van der Waals surface area (Å²) in [5, 5.41) is 18.3. The van der Waals surface area contributed by atoms with Crippen LogP contribution in [0.15, 0.2) is 12.1 Å². The Morgan fingerprint density at radius 2 is 2.29 bits per heavy atom. The van der Waals surface area contributed by atoms with E-state index in [0.29, 0.717) is 11.1 Å². The predicted octanol–water partition coefficient (Wildman–Crippen LogP) is 0.663. The van der Waals surface area contributed by atoms with Gasteiger partial charge in [-0.1, -0.05) is 0 Å².